The molecule has 2 aromatic heterocycles. The minimum Gasteiger partial charge on any atom is -0.377 e. The summed E-state index contributed by atoms with van der Waals surface area (Å²) in [6.07, 6.45) is 5.73. The Labute approximate surface area is 167 Å². The van der Waals surface area contributed by atoms with Gasteiger partial charge >= 0.3 is 0 Å². The van der Waals surface area contributed by atoms with Gasteiger partial charge in [0.15, 0.2) is 0 Å². The molecule has 1 aliphatic carbocycles. The number of rotatable bonds is 3. The Hall–Kier alpha value is -3.06. The molecule has 1 saturated heterocycles. The molecule has 3 aromatic rings. The number of carbonyl (C=O) groups excluding carboxylic acids is 1. The lowest BCUT2D eigenvalue weighted by Gasteiger charge is -2.23. The van der Waals surface area contributed by atoms with E-state index >= 15 is 0 Å². The molecule has 1 fully saturated rings. The van der Waals surface area contributed by atoms with Gasteiger partial charge in [-0.1, -0.05) is 6.07 Å². The molecule has 2 atom stereocenters. The Morgan fingerprint density at radius 2 is 2.03 bits per heavy atom. The van der Waals surface area contributed by atoms with Crippen LogP contribution in [0.3, 0.4) is 0 Å². The fourth-order valence-corrected chi connectivity index (χ4v) is 4.21. The van der Waals surface area contributed by atoms with Crippen molar-refractivity contribution in [2.24, 2.45) is 0 Å². The number of aromatic nitrogens is 3. The number of nitrogens with one attached hydrogen (secondary N) is 1. The van der Waals surface area contributed by atoms with Crippen LogP contribution in [0.4, 0.5) is 0 Å². The van der Waals surface area contributed by atoms with E-state index in [4.69, 9.17) is 4.74 Å². The van der Waals surface area contributed by atoms with E-state index < -0.39 is 0 Å². The minimum absolute atomic E-state index is 0.128. The zero-order valence-corrected chi connectivity index (χ0v) is 16.0. The molecule has 2 unspecified atom stereocenters. The highest BCUT2D eigenvalue weighted by Crippen LogP contribution is 2.22. The van der Waals surface area contributed by atoms with Gasteiger partial charge in [-0.15, -0.1) is 0 Å². The number of hydrogen-bond donors (Lipinski definition) is 1. The Balaban J connectivity index is 1.39. The van der Waals surface area contributed by atoms with Crippen molar-refractivity contribution in [1.82, 2.24) is 20.1 Å². The molecule has 7 heteroatoms. The van der Waals surface area contributed by atoms with Gasteiger partial charge in [-0.2, -0.15) is 5.10 Å². The Morgan fingerprint density at radius 3 is 2.97 bits per heavy atom. The van der Waals surface area contributed by atoms with E-state index in [1.807, 2.05) is 24.3 Å². The quantitative estimate of drug-likeness (QED) is 0.740. The molecule has 1 amide bonds. The van der Waals surface area contributed by atoms with Crippen LogP contribution in [0.15, 0.2) is 47.4 Å². The molecule has 2 aliphatic rings. The molecule has 7 nitrogen and oxygen atoms in total. The van der Waals surface area contributed by atoms with Crippen LogP contribution in [0.5, 0.6) is 0 Å². The SMILES string of the molecule is O=C(NC1COCC1n1nc2c(cc1=O)CCCC2)c1ccc2ncccc2c1. The highest BCUT2D eigenvalue weighted by atomic mass is 16.5. The van der Waals surface area contributed by atoms with Gasteiger partial charge < -0.3 is 10.1 Å². The van der Waals surface area contributed by atoms with Gasteiger partial charge in [0, 0.05) is 23.2 Å². The first-order chi connectivity index (χ1) is 14.2. The van der Waals surface area contributed by atoms with Crippen molar-refractivity contribution in [3.8, 4) is 0 Å². The normalized spacial score (nSPS) is 21.1. The Bertz CT molecular complexity index is 1140. The lowest BCUT2D eigenvalue weighted by atomic mass is 9.97. The van der Waals surface area contributed by atoms with Crippen LogP contribution in [0, 0.1) is 0 Å². The lowest BCUT2D eigenvalue weighted by molar-refractivity contribution is 0.0924. The van der Waals surface area contributed by atoms with Gasteiger partial charge in [-0.25, -0.2) is 4.68 Å². The van der Waals surface area contributed by atoms with Crippen LogP contribution < -0.4 is 10.9 Å². The molecule has 148 valence electrons. The number of amides is 1. The molecule has 1 aliphatic heterocycles. The number of benzene rings is 1. The average Bonchev–Trinajstić information content (AvgIpc) is 3.20. The molecular formula is C22H22N4O3. The topological polar surface area (TPSA) is 86.1 Å². The van der Waals surface area contributed by atoms with Gasteiger partial charge in [0.2, 0.25) is 0 Å². The molecule has 1 N–H and O–H groups in total. The number of pyridine rings is 1. The Morgan fingerprint density at radius 1 is 1.14 bits per heavy atom. The maximum absolute atomic E-state index is 12.8. The predicted molar refractivity (Wildman–Crippen MR) is 108 cm³/mol. The van der Waals surface area contributed by atoms with Crippen molar-refractivity contribution < 1.29 is 9.53 Å². The second-order valence-electron chi connectivity index (χ2n) is 7.70. The third-order valence-corrected chi connectivity index (χ3v) is 5.78. The standard InChI is InChI=1S/C22H22N4O3/c27-21-11-15-4-1-2-6-18(15)25-26(21)20-13-29-12-19(20)24-22(28)16-7-8-17-14(10-16)5-3-9-23-17/h3,5,7-11,19-20H,1-2,4,6,12-13H2,(H,24,28). The van der Waals surface area contributed by atoms with Crippen LogP contribution in [-0.2, 0) is 17.6 Å². The van der Waals surface area contributed by atoms with E-state index in [1.165, 1.54) is 4.68 Å². The van der Waals surface area contributed by atoms with Crippen LogP contribution in [0.25, 0.3) is 10.9 Å². The van der Waals surface area contributed by atoms with Crippen molar-refractivity contribution in [1.29, 1.82) is 0 Å². The first-order valence-electron chi connectivity index (χ1n) is 10.0. The number of hydrogen-bond acceptors (Lipinski definition) is 5. The largest absolute Gasteiger partial charge is 0.377 e. The smallest absolute Gasteiger partial charge is 0.267 e. The van der Waals surface area contributed by atoms with Crippen molar-refractivity contribution in [3.05, 3.63) is 69.8 Å². The van der Waals surface area contributed by atoms with Crippen molar-refractivity contribution in [2.45, 2.75) is 37.8 Å². The zero-order chi connectivity index (χ0) is 19.8. The molecule has 5 rings (SSSR count). The highest BCUT2D eigenvalue weighted by Gasteiger charge is 2.33. The fraction of sp³-hybridized carbons (Fsp3) is 0.364. The second-order valence-corrected chi connectivity index (χ2v) is 7.70. The summed E-state index contributed by atoms with van der Waals surface area (Å²) in [6.45, 7) is 0.717. The zero-order valence-electron chi connectivity index (χ0n) is 16.0. The van der Waals surface area contributed by atoms with Gasteiger partial charge in [0.1, 0.15) is 6.04 Å². The van der Waals surface area contributed by atoms with E-state index in [2.05, 4.69) is 15.4 Å². The second kappa shape index (κ2) is 7.40. The van der Waals surface area contributed by atoms with Gasteiger partial charge in [-0.3, -0.25) is 14.6 Å². The summed E-state index contributed by atoms with van der Waals surface area (Å²) in [5.41, 5.74) is 3.33. The van der Waals surface area contributed by atoms with E-state index in [9.17, 15) is 9.59 Å². The fourth-order valence-electron chi connectivity index (χ4n) is 4.21. The minimum atomic E-state index is -0.307. The van der Waals surface area contributed by atoms with E-state index in [-0.39, 0.29) is 23.6 Å². The molecule has 29 heavy (non-hydrogen) atoms. The van der Waals surface area contributed by atoms with Crippen LogP contribution >= 0.6 is 0 Å². The van der Waals surface area contributed by atoms with Crippen LogP contribution in [0.1, 0.15) is 40.5 Å². The number of nitrogens with zero attached hydrogens (tertiary/aromatic N) is 3. The number of carbonyl (C=O) groups is 1. The number of fused-ring (bicyclic) bond motifs is 2. The summed E-state index contributed by atoms with van der Waals surface area (Å²) < 4.78 is 7.11. The molecular weight excluding hydrogens is 368 g/mol. The molecule has 0 spiro atoms. The number of ether oxygens (including phenoxy) is 1. The molecule has 0 radical (unpaired) electrons. The molecule has 0 bridgehead atoms. The summed E-state index contributed by atoms with van der Waals surface area (Å²) in [5.74, 6) is -0.192. The van der Waals surface area contributed by atoms with Crippen molar-refractivity contribution in [2.75, 3.05) is 13.2 Å². The van der Waals surface area contributed by atoms with E-state index in [1.54, 1.807) is 18.3 Å². The summed E-state index contributed by atoms with van der Waals surface area (Å²) in [5, 5.41) is 8.57. The van der Waals surface area contributed by atoms with Gasteiger partial charge in [0.05, 0.1) is 30.5 Å². The van der Waals surface area contributed by atoms with Gasteiger partial charge in [0.25, 0.3) is 11.5 Å². The summed E-state index contributed by atoms with van der Waals surface area (Å²) in [6, 6.07) is 10.3. The van der Waals surface area contributed by atoms with Crippen LogP contribution in [0.2, 0.25) is 0 Å². The first-order valence-corrected chi connectivity index (χ1v) is 10.0. The summed E-state index contributed by atoms with van der Waals surface area (Å²) in [7, 11) is 0. The first kappa shape index (κ1) is 18.0. The third-order valence-electron chi connectivity index (χ3n) is 5.78. The molecule has 0 saturated carbocycles. The highest BCUT2D eigenvalue weighted by molar-refractivity contribution is 5.98. The van der Waals surface area contributed by atoms with Crippen molar-refractivity contribution in [3.63, 3.8) is 0 Å². The number of aryl methyl sites for hydroxylation is 2. The summed E-state index contributed by atoms with van der Waals surface area (Å²) >= 11 is 0. The molecule has 3 heterocycles. The van der Waals surface area contributed by atoms with Crippen LogP contribution in [-0.4, -0.2) is 39.9 Å². The average molecular weight is 390 g/mol. The lowest BCUT2D eigenvalue weighted by Crippen LogP contribution is -2.44. The predicted octanol–water partition coefficient (Wildman–Crippen LogP) is 2.04. The summed E-state index contributed by atoms with van der Waals surface area (Å²) in [4.78, 5) is 29.8. The molecule has 1 aromatic carbocycles. The van der Waals surface area contributed by atoms with Crippen molar-refractivity contribution >= 4 is 16.8 Å². The monoisotopic (exact) mass is 390 g/mol. The van der Waals surface area contributed by atoms with E-state index in [0.717, 1.165) is 47.8 Å². The third kappa shape index (κ3) is 3.42. The maximum Gasteiger partial charge on any atom is 0.267 e. The van der Waals surface area contributed by atoms with Gasteiger partial charge in [-0.05, 0) is 55.5 Å². The maximum atomic E-state index is 12.8. The Kier molecular flexibility index (Phi) is 4.60. The van der Waals surface area contributed by atoms with E-state index in [0.29, 0.717) is 18.8 Å².